The Bertz CT molecular complexity index is 337. The van der Waals surface area contributed by atoms with Gasteiger partial charge in [0.05, 0.1) is 6.04 Å². The average Bonchev–Trinajstić information content (AvgIpc) is 2.39. The zero-order valence-corrected chi connectivity index (χ0v) is 11.5. The van der Waals surface area contributed by atoms with Gasteiger partial charge in [-0.2, -0.15) is 0 Å². The number of nitrogens with one attached hydrogen (secondary N) is 1. The minimum atomic E-state index is -0.137. The number of rotatable bonds is 11. The minimum absolute atomic E-state index is 0.117. The van der Waals surface area contributed by atoms with Gasteiger partial charge in [0.15, 0.2) is 0 Å². The van der Waals surface area contributed by atoms with Crippen LogP contribution in [0, 0.1) is 6.04 Å². The summed E-state index contributed by atoms with van der Waals surface area (Å²) in [6.45, 7) is 19.9. The first-order chi connectivity index (χ1) is 9.14. The summed E-state index contributed by atoms with van der Waals surface area (Å²) < 4.78 is 0. The molecule has 0 aromatic rings. The maximum atomic E-state index is 11.6. The minimum Gasteiger partial charge on any atom is -0.342 e. The molecule has 3 heteroatoms. The summed E-state index contributed by atoms with van der Waals surface area (Å²) in [4.78, 5) is 13.7. The number of nitrogens with zero attached hydrogens (tertiary/aromatic N) is 1. The van der Waals surface area contributed by atoms with Crippen molar-refractivity contribution in [2.24, 2.45) is 0 Å². The van der Waals surface area contributed by atoms with Crippen molar-refractivity contribution < 1.29 is 4.79 Å². The normalized spacial score (nSPS) is 11.7. The molecule has 1 amide bonds. The molecule has 0 aromatic heterocycles. The van der Waals surface area contributed by atoms with Crippen LogP contribution < -0.4 is 5.32 Å². The lowest BCUT2D eigenvalue weighted by Crippen LogP contribution is -2.44. The van der Waals surface area contributed by atoms with Crippen LogP contribution in [-0.4, -0.2) is 29.9 Å². The molecule has 0 aliphatic rings. The van der Waals surface area contributed by atoms with Crippen LogP contribution in [0.1, 0.15) is 6.42 Å². The quantitative estimate of drug-likeness (QED) is 0.578. The fourth-order valence-electron chi connectivity index (χ4n) is 1.69. The number of carbonyl (C=O) groups is 1. The van der Waals surface area contributed by atoms with Gasteiger partial charge in [-0.3, -0.25) is 9.69 Å². The summed E-state index contributed by atoms with van der Waals surface area (Å²) in [5.74, 6) is -0.117. The van der Waals surface area contributed by atoms with Crippen molar-refractivity contribution in [1.82, 2.24) is 10.2 Å². The maximum absolute atomic E-state index is 11.6. The van der Waals surface area contributed by atoms with Crippen molar-refractivity contribution in [2.75, 3.05) is 13.1 Å². The standard InChI is InChI=1S/C16H23N2O/c1-6-11-16(19)17-14(9-4)15(10-5)18(12-7-2)13-8-3/h6-10,15H,1-5,11-13H2,(H,17,19). The van der Waals surface area contributed by atoms with Gasteiger partial charge in [0.1, 0.15) is 6.04 Å². The van der Waals surface area contributed by atoms with Gasteiger partial charge in [-0.15, -0.1) is 32.9 Å². The van der Waals surface area contributed by atoms with Crippen LogP contribution in [0.4, 0.5) is 0 Å². The molecule has 0 spiro atoms. The molecule has 3 nitrogen and oxygen atoms in total. The van der Waals surface area contributed by atoms with E-state index in [-0.39, 0.29) is 18.4 Å². The molecule has 0 saturated carbocycles. The van der Waals surface area contributed by atoms with E-state index in [1.165, 1.54) is 0 Å². The third-order valence-electron chi connectivity index (χ3n) is 2.50. The van der Waals surface area contributed by atoms with Crippen molar-refractivity contribution in [3.05, 3.63) is 69.3 Å². The van der Waals surface area contributed by atoms with Crippen LogP contribution >= 0.6 is 0 Å². The monoisotopic (exact) mass is 259 g/mol. The third-order valence-corrected chi connectivity index (χ3v) is 2.50. The molecule has 103 valence electrons. The second kappa shape index (κ2) is 10.1. The lowest BCUT2D eigenvalue weighted by atomic mass is 10.1. The zero-order chi connectivity index (χ0) is 14.7. The molecule has 0 aliphatic carbocycles. The van der Waals surface area contributed by atoms with E-state index in [2.05, 4.69) is 43.1 Å². The Morgan fingerprint density at radius 1 is 1.05 bits per heavy atom. The van der Waals surface area contributed by atoms with Crippen LogP contribution in [0.25, 0.3) is 0 Å². The first-order valence-corrected chi connectivity index (χ1v) is 6.13. The Kier molecular flexibility index (Phi) is 9.10. The first kappa shape index (κ1) is 17.1. The fraction of sp³-hybridized carbons (Fsp3) is 0.250. The molecule has 0 aromatic carbocycles. The second-order valence-corrected chi connectivity index (χ2v) is 3.91. The molecular formula is C16H23N2O. The van der Waals surface area contributed by atoms with Gasteiger partial charge in [-0.25, -0.2) is 0 Å². The van der Waals surface area contributed by atoms with Gasteiger partial charge in [0, 0.05) is 19.5 Å². The molecule has 1 radical (unpaired) electrons. The molecule has 1 atom stereocenters. The highest BCUT2D eigenvalue weighted by Gasteiger charge is 2.23. The smallest absolute Gasteiger partial charge is 0.224 e. The SMILES string of the molecule is C=CCC(=O)N[C](C=C)C(C=C)N(CC=C)CC=C. The van der Waals surface area contributed by atoms with E-state index < -0.39 is 0 Å². The summed E-state index contributed by atoms with van der Waals surface area (Å²) in [6.07, 6.45) is 8.82. The molecular weight excluding hydrogens is 236 g/mol. The van der Waals surface area contributed by atoms with Crippen LogP contribution in [0.3, 0.4) is 0 Å². The summed E-state index contributed by atoms with van der Waals surface area (Å²) >= 11 is 0. The van der Waals surface area contributed by atoms with E-state index in [9.17, 15) is 4.79 Å². The predicted octanol–water partition coefficient (Wildman–Crippen LogP) is 2.63. The fourth-order valence-corrected chi connectivity index (χ4v) is 1.69. The van der Waals surface area contributed by atoms with E-state index >= 15 is 0 Å². The van der Waals surface area contributed by atoms with Gasteiger partial charge in [-0.05, 0) is 0 Å². The maximum Gasteiger partial charge on any atom is 0.224 e. The largest absolute Gasteiger partial charge is 0.342 e. The number of carbonyl (C=O) groups excluding carboxylic acids is 1. The number of amides is 1. The van der Waals surface area contributed by atoms with Crippen molar-refractivity contribution in [2.45, 2.75) is 12.5 Å². The summed E-state index contributed by atoms with van der Waals surface area (Å²) in [6, 6.07) is 0.563. The molecule has 1 unspecified atom stereocenters. The van der Waals surface area contributed by atoms with Gasteiger partial charge in [0.25, 0.3) is 0 Å². The Morgan fingerprint density at radius 3 is 2.00 bits per heavy atom. The van der Waals surface area contributed by atoms with E-state index in [4.69, 9.17) is 0 Å². The van der Waals surface area contributed by atoms with Crippen LogP contribution in [0.15, 0.2) is 63.3 Å². The highest BCUT2D eigenvalue weighted by Crippen LogP contribution is 2.14. The van der Waals surface area contributed by atoms with Crippen LogP contribution in [-0.2, 0) is 4.79 Å². The van der Waals surface area contributed by atoms with Gasteiger partial charge in [0.2, 0.25) is 5.91 Å². The lowest BCUT2D eigenvalue weighted by molar-refractivity contribution is -0.120. The van der Waals surface area contributed by atoms with E-state index in [1.54, 1.807) is 30.4 Å². The molecule has 0 bridgehead atoms. The van der Waals surface area contributed by atoms with Gasteiger partial charge >= 0.3 is 0 Å². The van der Waals surface area contributed by atoms with E-state index in [1.807, 2.05) is 0 Å². The molecule has 0 aliphatic heterocycles. The van der Waals surface area contributed by atoms with E-state index in [0.29, 0.717) is 19.1 Å². The van der Waals surface area contributed by atoms with Crippen LogP contribution in [0.2, 0.25) is 0 Å². The van der Waals surface area contributed by atoms with Crippen molar-refractivity contribution in [3.8, 4) is 0 Å². The molecule has 0 saturated heterocycles. The summed E-state index contributed by atoms with van der Waals surface area (Å²) in [5, 5.41) is 2.82. The number of hydrogen-bond donors (Lipinski definition) is 1. The summed E-state index contributed by atoms with van der Waals surface area (Å²) in [5.41, 5.74) is 0. The second-order valence-electron chi connectivity index (χ2n) is 3.91. The lowest BCUT2D eigenvalue weighted by Gasteiger charge is -2.32. The topological polar surface area (TPSA) is 32.3 Å². The van der Waals surface area contributed by atoms with Gasteiger partial charge in [-0.1, -0.05) is 30.4 Å². The first-order valence-electron chi connectivity index (χ1n) is 6.13. The molecule has 0 heterocycles. The Morgan fingerprint density at radius 2 is 1.63 bits per heavy atom. The van der Waals surface area contributed by atoms with E-state index in [0.717, 1.165) is 0 Å². The Labute approximate surface area is 116 Å². The average molecular weight is 259 g/mol. The zero-order valence-electron chi connectivity index (χ0n) is 11.5. The van der Waals surface area contributed by atoms with Gasteiger partial charge < -0.3 is 5.32 Å². The van der Waals surface area contributed by atoms with Crippen LogP contribution in [0.5, 0.6) is 0 Å². The molecule has 19 heavy (non-hydrogen) atoms. The highest BCUT2D eigenvalue weighted by atomic mass is 16.1. The number of hydrogen-bond acceptors (Lipinski definition) is 2. The molecule has 1 N–H and O–H groups in total. The van der Waals surface area contributed by atoms with Crippen molar-refractivity contribution >= 4 is 5.91 Å². The predicted molar refractivity (Wildman–Crippen MR) is 82.3 cm³/mol. The van der Waals surface area contributed by atoms with Crippen molar-refractivity contribution in [3.63, 3.8) is 0 Å². The highest BCUT2D eigenvalue weighted by molar-refractivity contribution is 5.79. The summed E-state index contributed by atoms with van der Waals surface area (Å²) in [7, 11) is 0. The third kappa shape index (κ3) is 6.02. The van der Waals surface area contributed by atoms with Crippen molar-refractivity contribution in [1.29, 1.82) is 0 Å². The Hall–Kier alpha value is -1.87. The molecule has 0 rings (SSSR count). The Balaban J connectivity index is 4.91. The molecule has 0 fully saturated rings.